The summed E-state index contributed by atoms with van der Waals surface area (Å²) in [5.41, 5.74) is 1.23. The third-order valence-electron chi connectivity index (χ3n) is 8.02. The van der Waals surface area contributed by atoms with Gasteiger partial charge in [0.15, 0.2) is 5.82 Å². The van der Waals surface area contributed by atoms with Crippen LogP contribution in [0.3, 0.4) is 0 Å². The lowest BCUT2D eigenvalue weighted by Crippen LogP contribution is -2.58. The van der Waals surface area contributed by atoms with Crippen LogP contribution in [0.4, 0.5) is 16.2 Å². The second-order valence-electron chi connectivity index (χ2n) is 11.6. The van der Waals surface area contributed by atoms with Gasteiger partial charge in [-0.05, 0) is 70.1 Å². The summed E-state index contributed by atoms with van der Waals surface area (Å²) >= 11 is 6.65. The Hall–Kier alpha value is -3.20. The Bertz CT molecular complexity index is 1420. The predicted molar refractivity (Wildman–Crippen MR) is 168 cm³/mol. The quantitative estimate of drug-likeness (QED) is 0.197. The molecule has 2 fully saturated rings. The number of piperidine rings is 1. The number of halogens is 2. The van der Waals surface area contributed by atoms with E-state index in [4.69, 9.17) is 21.6 Å². The molecule has 7 nitrogen and oxygen atoms in total. The van der Waals surface area contributed by atoms with Crippen LogP contribution in [0, 0.1) is 5.82 Å². The van der Waals surface area contributed by atoms with Crippen LogP contribution in [-0.2, 0) is 0 Å². The molecule has 0 amide bonds. The van der Waals surface area contributed by atoms with Gasteiger partial charge >= 0.3 is 0 Å². The van der Waals surface area contributed by atoms with Gasteiger partial charge in [-0.15, -0.1) is 0 Å². The van der Waals surface area contributed by atoms with E-state index < -0.39 is 5.82 Å². The fraction of sp³-hybridized carbons (Fsp3) is 0.438. The number of allylic oxidation sites excluding steroid dienone is 1. The molecule has 5 rings (SSSR count). The van der Waals surface area contributed by atoms with Crippen molar-refractivity contribution < 1.29 is 9.50 Å². The number of likely N-dealkylation sites (N-methyl/N-ethyl adjacent to an activating group) is 1. The lowest BCUT2D eigenvalue weighted by molar-refractivity contribution is 0.245. The smallest absolute Gasteiger partial charge is 0.228 e. The van der Waals surface area contributed by atoms with E-state index in [2.05, 4.69) is 48.4 Å². The molecule has 2 aliphatic heterocycles. The lowest BCUT2D eigenvalue weighted by Gasteiger charge is -2.43. The third-order valence-corrected chi connectivity index (χ3v) is 8.33. The van der Waals surface area contributed by atoms with Crippen LogP contribution in [0.15, 0.2) is 48.2 Å². The first-order chi connectivity index (χ1) is 19.7. The summed E-state index contributed by atoms with van der Waals surface area (Å²) in [6.07, 6.45) is 8.70. The summed E-state index contributed by atoms with van der Waals surface area (Å²) in [5.74, 6) is 0.577. The van der Waals surface area contributed by atoms with E-state index in [1.165, 1.54) is 12.2 Å². The molecular formula is C32H40ClFN6O. The molecule has 1 aromatic heterocycles. The molecule has 3 N–H and O–H groups in total. The van der Waals surface area contributed by atoms with Crippen molar-refractivity contribution in [3.63, 3.8) is 0 Å². The Balaban J connectivity index is 1.51. The second kappa shape index (κ2) is 12.8. The van der Waals surface area contributed by atoms with Gasteiger partial charge in [-0.3, -0.25) is 0 Å². The summed E-state index contributed by atoms with van der Waals surface area (Å²) in [6, 6.07) is 12.6. The third kappa shape index (κ3) is 6.83. The normalized spacial score (nSPS) is 22.1. The van der Waals surface area contributed by atoms with Gasteiger partial charge in [0, 0.05) is 48.2 Å². The van der Waals surface area contributed by atoms with E-state index in [-0.39, 0.29) is 27.9 Å². The van der Waals surface area contributed by atoms with Crippen molar-refractivity contribution in [2.45, 2.75) is 63.7 Å². The van der Waals surface area contributed by atoms with Crippen LogP contribution in [0.25, 0.3) is 23.1 Å². The summed E-state index contributed by atoms with van der Waals surface area (Å²) in [4.78, 5) is 13.9. The van der Waals surface area contributed by atoms with Crippen molar-refractivity contribution in [3.8, 4) is 0 Å². The van der Waals surface area contributed by atoms with E-state index in [1.54, 1.807) is 12.1 Å². The van der Waals surface area contributed by atoms with Crippen molar-refractivity contribution in [1.82, 2.24) is 20.2 Å². The van der Waals surface area contributed by atoms with Crippen molar-refractivity contribution in [3.05, 3.63) is 70.2 Å². The van der Waals surface area contributed by atoms with Gasteiger partial charge in [0.1, 0.15) is 17.1 Å². The highest BCUT2D eigenvalue weighted by Crippen LogP contribution is 2.35. The van der Waals surface area contributed by atoms with Crippen LogP contribution >= 0.6 is 11.6 Å². The molecule has 0 radical (unpaired) electrons. The Morgan fingerprint density at radius 2 is 1.98 bits per heavy atom. The summed E-state index contributed by atoms with van der Waals surface area (Å²) in [7, 11) is 4.12. The molecule has 0 spiro atoms. The molecule has 3 aromatic rings. The zero-order chi connectivity index (χ0) is 29.1. The van der Waals surface area contributed by atoms with Crippen LogP contribution in [0.5, 0.6) is 0 Å². The SMILES string of the molecule is CCCC1CC(Nc2nc(N3CC(N(C)C)C3)nc3c(F)c(/C=C/C(O)=C\c4ccccc4)c(Cl)cc23)CC(C)N1. The summed E-state index contributed by atoms with van der Waals surface area (Å²) in [6.45, 7) is 5.97. The minimum atomic E-state index is -0.532. The summed E-state index contributed by atoms with van der Waals surface area (Å²) < 4.78 is 16.2. The standard InChI is InChI=1S/C32H40ClFN6O/c1-5-9-22-16-23(14-20(2)35-22)36-31-27-17-28(33)26(13-12-25(41)15-21-10-7-6-8-11-21)29(34)30(27)37-32(38-31)40-18-24(19-40)39(3)4/h6-8,10-13,15,17,20,22-24,35,41H,5,9,14,16,18-19H2,1-4H3,(H,36,37,38)/b13-12+,25-15+. The van der Waals surface area contributed by atoms with E-state index in [1.807, 2.05) is 30.3 Å². The molecular weight excluding hydrogens is 539 g/mol. The zero-order valence-corrected chi connectivity index (χ0v) is 25.0. The van der Waals surface area contributed by atoms with E-state index in [9.17, 15) is 5.11 Å². The Labute approximate surface area is 247 Å². The first-order valence-electron chi connectivity index (χ1n) is 14.5. The molecule has 0 saturated carbocycles. The maximum absolute atomic E-state index is 16.2. The number of hydrogen-bond acceptors (Lipinski definition) is 7. The number of rotatable bonds is 9. The molecule has 9 heteroatoms. The van der Waals surface area contributed by atoms with E-state index in [0.717, 1.165) is 44.3 Å². The van der Waals surface area contributed by atoms with Crippen LogP contribution in [-0.4, -0.2) is 71.3 Å². The molecule has 2 aliphatic rings. The average Bonchev–Trinajstić information content (AvgIpc) is 2.88. The van der Waals surface area contributed by atoms with Gasteiger partial charge in [-0.25, -0.2) is 9.37 Å². The van der Waals surface area contributed by atoms with Gasteiger partial charge < -0.3 is 25.5 Å². The highest BCUT2D eigenvalue weighted by molar-refractivity contribution is 6.33. The highest BCUT2D eigenvalue weighted by Gasteiger charge is 2.32. The Morgan fingerprint density at radius 1 is 1.22 bits per heavy atom. The van der Waals surface area contributed by atoms with Crippen molar-refractivity contribution in [2.24, 2.45) is 0 Å². The lowest BCUT2D eigenvalue weighted by atomic mass is 9.92. The largest absolute Gasteiger partial charge is 0.508 e. The number of anilines is 2. The number of benzene rings is 2. The molecule has 3 atom stereocenters. The zero-order valence-electron chi connectivity index (χ0n) is 24.2. The number of aliphatic hydroxyl groups excluding tert-OH is 1. The van der Waals surface area contributed by atoms with Gasteiger partial charge in [0.25, 0.3) is 0 Å². The highest BCUT2D eigenvalue weighted by atomic mass is 35.5. The predicted octanol–water partition coefficient (Wildman–Crippen LogP) is 6.51. The van der Waals surface area contributed by atoms with E-state index in [0.29, 0.717) is 35.3 Å². The molecule has 218 valence electrons. The minimum Gasteiger partial charge on any atom is -0.508 e. The Morgan fingerprint density at radius 3 is 2.68 bits per heavy atom. The van der Waals surface area contributed by atoms with Crippen LogP contribution in [0.1, 0.15) is 50.7 Å². The van der Waals surface area contributed by atoms with Crippen molar-refractivity contribution >= 4 is 46.4 Å². The molecule has 0 aliphatic carbocycles. The van der Waals surface area contributed by atoms with Crippen molar-refractivity contribution in [1.29, 1.82) is 0 Å². The van der Waals surface area contributed by atoms with Gasteiger partial charge in [-0.2, -0.15) is 4.98 Å². The molecule has 3 heterocycles. The number of fused-ring (bicyclic) bond motifs is 1. The number of aliphatic hydroxyl groups is 1. The fourth-order valence-corrected chi connectivity index (χ4v) is 6.01. The second-order valence-corrected chi connectivity index (χ2v) is 12.0. The van der Waals surface area contributed by atoms with Gasteiger partial charge in [-0.1, -0.05) is 55.3 Å². The molecule has 3 unspecified atom stereocenters. The number of nitrogens with zero attached hydrogens (tertiary/aromatic N) is 4. The molecule has 41 heavy (non-hydrogen) atoms. The maximum atomic E-state index is 16.2. The maximum Gasteiger partial charge on any atom is 0.228 e. The van der Waals surface area contributed by atoms with E-state index >= 15 is 4.39 Å². The fourth-order valence-electron chi connectivity index (χ4n) is 5.75. The molecule has 0 bridgehead atoms. The molecule has 2 saturated heterocycles. The topological polar surface area (TPSA) is 76.6 Å². The van der Waals surface area contributed by atoms with Crippen LogP contribution < -0.4 is 15.5 Å². The number of nitrogens with one attached hydrogen (secondary N) is 2. The minimum absolute atomic E-state index is 0.00513. The van der Waals surface area contributed by atoms with Crippen LogP contribution in [0.2, 0.25) is 5.02 Å². The first kappa shape index (κ1) is 29.3. The van der Waals surface area contributed by atoms with Gasteiger partial charge in [0.05, 0.1) is 5.02 Å². The number of aromatic nitrogens is 2. The van der Waals surface area contributed by atoms with Gasteiger partial charge in [0.2, 0.25) is 5.95 Å². The van der Waals surface area contributed by atoms with Crippen molar-refractivity contribution in [2.75, 3.05) is 37.4 Å². The monoisotopic (exact) mass is 578 g/mol. The first-order valence-corrected chi connectivity index (χ1v) is 14.9. The Kier molecular flexibility index (Phi) is 9.12. The summed E-state index contributed by atoms with van der Waals surface area (Å²) in [5, 5.41) is 18.6. The molecule has 2 aromatic carbocycles. The average molecular weight is 579 g/mol. The number of hydrogen-bond donors (Lipinski definition) is 3.